The van der Waals surface area contributed by atoms with Gasteiger partial charge in [0.05, 0.1) is 11.8 Å². The lowest BCUT2D eigenvalue weighted by Crippen LogP contribution is -2.35. The Morgan fingerprint density at radius 3 is 2.38 bits per heavy atom. The normalized spacial score (nSPS) is 22.4. The van der Waals surface area contributed by atoms with Gasteiger partial charge in [0.1, 0.15) is 0 Å². The van der Waals surface area contributed by atoms with Crippen LogP contribution in [-0.4, -0.2) is 41.5 Å². The van der Waals surface area contributed by atoms with Crippen molar-refractivity contribution >= 4 is 29.5 Å². The molecule has 1 aliphatic carbocycles. The van der Waals surface area contributed by atoms with E-state index in [4.69, 9.17) is 0 Å². The van der Waals surface area contributed by atoms with E-state index in [1.165, 1.54) is 9.80 Å². The zero-order valence-electron chi connectivity index (χ0n) is 15.0. The molecule has 2 fully saturated rings. The van der Waals surface area contributed by atoms with Crippen LogP contribution in [0.4, 0.5) is 0 Å². The van der Waals surface area contributed by atoms with Crippen molar-refractivity contribution < 1.29 is 14.4 Å². The molecule has 1 aromatic carbocycles. The number of nitrogens with one attached hydrogen (secondary N) is 1. The fourth-order valence-electron chi connectivity index (χ4n) is 3.76. The molecule has 3 rings (SSSR count). The summed E-state index contributed by atoms with van der Waals surface area (Å²) in [7, 11) is 0. The molecule has 0 bridgehead atoms. The highest BCUT2D eigenvalue weighted by Crippen LogP contribution is 2.37. The molecule has 1 aliphatic heterocycles. The molecule has 5 nitrogen and oxygen atoms in total. The van der Waals surface area contributed by atoms with Gasteiger partial charge in [-0.2, -0.15) is 0 Å². The van der Waals surface area contributed by atoms with Crippen molar-refractivity contribution in [3.63, 3.8) is 0 Å². The molecule has 1 aromatic rings. The Labute approximate surface area is 158 Å². The van der Waals surface area contributed by atoms with Crippen LogP contribution in [0.1, 0.15) is 38.5 Å². The average molecular weight is 375 g/mol. The molecular weight excluding hydrogens is 348 g/mol. The van der Waals surface area contributed by atoms with Gasteiger partial charge in [-0.25, -0.2) is 0 Å². The Balaban J connectivity index is 1.32. The van der Waals surface area contributed by atoms with Crippen LogP contribution < -0.4 is 5.32 Å². The number of carbonyl (C=O) groups is 3. The Hall–Kier alpha value is -1.82. The highest BCUT2D eigenvalue weighted by Gasteiger charge is 2.47. The lowest BCUT2D eigenvalue weighted by molar-refractivity contribution is -0.140. The number of hydrogen-bond acceptors (Lipinski definition) is 4. The SMILES string of the molecule is O=C(CCN1C(=O)C2CCCCC2C1=O)NCCCSc1ccccc1. The topological polar surface area (TPSA) is 66.5 Å². The number of rotatable bonds is 8. The predicted octanol–water partition coefficient (Wildman–Crippen LogP) is 2.85. The van der Waals surface area contributed by atoms with E-state index in [-0.39, 0.29) is 42.5 Å². The number of hydrogen-bond donors (Lipinski definition) is 1. The third kappa shape index (κ3) is 4.67. The fourth-order valence-corrected chi connectivity index (χ4v) is 4.63. The minimum absolute atomic E-state index is 0.0632. The van der Waals surface area contributed by atoms with Gasteiger partial charge in [0.15, 0.2) is 0 Å². The quantitative estimate of drug-likeness (QED) is 0.432. The highest BCUT2D eigenvalue weighted by atomic mass is 32.2. The molecule has 1 N–H and O–H groups in total. The summed E-state index contributed by atoms with van der Waals surface area (Å²) >= 11 is 1.77. The number of nitrogens with zero attached hydrogens (tertiary/aromatic N) is 1. The molecule has 26 heavy (non-hydrogen) atoms. The van der Waals surface area contributed by atoms with Crippen molar-refractivity contribution in [2.24, 2.45) is 11.8 Å². The van der Waals surface area contributed by atoms with Crippen LogP contribution in [0.3, 0.4) is 0 Å². The van der Waals surface area contributed by atoms with Crippen molar-refractivity contribution in [3.8, 4) is 0 Å². The van der Waals surface area contributed by atoms with E-state index in [2.05, 4.69) is 17.4 Å². The molecule has 3 amide bonds. The molecule has 2 unspecified atom stereocenters. The van der Waals surface area contributed by atoms with Crippen LogP contribution in [0.2, 0.25) is 0 Å². The van der Waals surface area contributed by atoms with E-state index in [0.29, 0.717) is 6.54 Å². The van der Waals surface area contributed by atoms with E-state index >= 15 is 0 Å². The van der Waals surface area contributed by atoms with Gasteiger partial charge in [-0.1, -0.05) is 31.0 Å². The van der Waals surface area contributed by atoms with Gasteiger partial charge in [0.2, 0.25) is 17.7 Å². The molecule has 0 spiro atoms. The molecule has 0 aromatic heterocycles. The molecular formula is C20H26N2O3S. The average Bonchev–Trinajstić information content (AvgIpc) is 2.91. The second-order valence-electron chi connectivity index (χ2n) is 6.94. The standard InChI is InChI=1S/C20H26N2O3S/c23-18(21-12-6-14-26-15-7-2-1-3-8-15)11-13-22-19(24)16-9-4-5-10-17(16)20(22)25/h1-3,7-8,16-17H,4-6,9-14H2,(H,21,23). The molecule has 2 aliphatic rings. The largest absolute Gasteiger partial charge is 0.356 e. The van der Waals surface area contributed by atoms with Crippen LogP contribution in [0.5, 0.6) is 0 Å². The van der Waals surface area contributed by atoms with E-state index in [1.807, 2.05) is 18.2 Å². The lowest BCUT2D eigenvalue weighted by atomic mass is 9.81. The fraction of sp³-hybridized carbons (Fsp3) is 0.550. The number of benzene rings is 1. The maximum atomic E-state index is 12.4. The molecule has 6 heteroatoms. The van der Waals surface area contributed by atoms with Crippen LogP contribution in [-0.2, 0) is 14.4 Å². The van der Waals surface area contributed by atoms with E-state index in [0.717, 1.165) is 37.9 Å². The number of amides is 3. The van der Waals surface area contributed by atoms with Crippen LogP contribution in [0, 0.1) is 11.8 Å². The van der Waals surface area contributed by atoms with Crippen molar-refractivity contribution in [3.05, 3.63) is 30.3 Å². The third-order valence-electron chi connectivity index (χ3n) is 5.15. The van der Waals surface area contributed by atoms with Gasteiger partial charge in [-0.05, 0) is 37.1 Å². The Morgan fingerprint density at radius 2 is 1.73 bits per heavy atom. The summed E-state index contributed by atoms with van der Waals surface area (Å²) in [5.74, 6) is 0.462. The van der Waals surface area contributed by atoms with Crippen molar-refractivity contribution in [1.82, 2.24) is 10.2 Å². The highest BCUT2D eigenvalue weighted by molar-refractivity contribution is 7.99. The van der Waals surface area contributed by atoms with Crippen molar-refractivity contribution in [2.75, 3.05) is 18.8 Å². The predicted molar refractivity (Wildman–Crippen MR) is 102 cm³/mol. The summed E-state index contributed by atoms with van der Waals surface area (Å²) in [6.45, 7) is 0.834. The van der Waals surface area contributed by atoms with Crippen LogP contribution in [0.15, 0.2) is 35.2 Å². The second kappa shape index (κ2) is 9.21. The zero-order chi connectivity index (χ0) is 18.4. The summed E-state index contributed by atoms with van der Waals surface area (Å²) in [6.07, 6.45) is 4.76. The summed E-state index contributed by atoms with van der Waals surface area (Å²) in [5, 5.41) is 2.88. The smallest absolute Gasteiger partial charge is 0.233 e. The van der Waals surface area contributed by atoms with E-state index < -0.39 is 0 Å². The Morgan fingerprint density at radius 1 is 1.08 bits per heavy atom. The number of fused-ring (bicyclic) bond motifs is 1. The maximum absolute atomic E-state index is 12.4. The molecule has 1 saturated heterocycles. The first-order chi connectivity index (χ1) is 12.7. The molecule has 2 atom stereocenters. The van der Waals surface area contributed by atoms with Crippen molar-refractivity contribution in [1.29, 1.82) is 0 Å². The Bertz CT molecular complexity index is 626. The number of imide groups is 1. The van der Waals surface area contributed by atoms with Gasteiger partial charge < -0.3 is 5.32 Å². The molecule has 140 valence electrons. The summed E-state index contributed by atoms with van der Waals surface area (Å²) in [4.78, 5) is 39.3. The number of thioether (sulfide) groups is 1. The first-order valence-corrected chi connectivity index (χ1v) is 10.4. The second-order valence-corrected chi connectivity index (χ2v) is 8.11. The van der Waals surface area contributed by atoms with Crippen LogP contribution in [0.25, 0.3) is 0 Å². The van der Waals surface area contributed by atoms with Gasteiger partial charge in [-0.15, -0.1) is 11.8 Å². The maximum Gasteiger partial charge on any atom is 0.233 e. The van der Waals surface area contributed by atoms with Gasteiger partial charge in [0, 0.05) is 24.4 Å². The third-order valence-corrected chi connectivity index (χ3v) is 6.25. The number of likely N-dealkylation sites (tertiary alicyclic amines) is 1. The van der Waals surface area contributed by atoms with Crippen LogP contribution >= 0.6 is 11.8 Å². The first kappa shape index (κ1) is 19.0. The lowest BCUT2D eigenvalue weighted by Gasteiger charge is -2.19. The molecule has 1 heterocycles. The minimum Gasteiger partial charge on any atom is -0.356 e. The van der Waals surface area contributed by atoms with Crippen molar-refractivity contribution in [2.45, 2.75) is 43.4 Å². The van der Waals surface area contributed by atoms with Gasteiger partial charge >= 0.3 is 0 Å². The summed E-state index contributed by atoms with van der Waals surface area (Å²) in [5.41, 5.74) is 0. The summed E-state index contributed by atoms with van der Waals surface area (Å²) in [6, 6.07) is 10.2. The zero-order valence-corrected chi connectivity index (χ0v) is 15.8. The van der Waals surface area contributed by atoms with Gasteiger partial charge in [-0.3, -0.25) is 19.3 Å². The molecule has 0 radical (unpaired) electrons. The van der Waals surface area contributed by atoms with E-state index in [1.54, 1.807) is 11.8 Å². The Kier molecular flexibility index (Phi) is 6.72. The van der Waals surface area contributed by atoms with E-state index in [9.17, 15) is 14.4 Å². The number of carbonyl (C=O) groups excluding carboxylic acids is 3. The molecule has 1 saturated carbocycles. The first-order valence-electron chi connectivity index (χ1n) is 9.46. The monoisotopic (exact) mass is 374 g/mol. The summed E-state index contributed by atoms with van der Waals surface area (Å²) < 4.78 is 0. The van der Waals surface area contributed by atoms with Gasteiger partial charge in [0.25, 0.3) is 0 Å². The minimum atomic E-state index is -0.130.